The van der Waals surface area contributed by atoms with E-state index in [0.717, 1.165) is 25.7 Å². The normalized spacial score (nSPS) is 22.5. The van der Waals surface area contributed by atoms with Gasteiger partial charge in [-0.25, -0.2) is 13.1 Å². The van der Waals surface area contributed by atoms with E-state index >= 15 is 0 Å². The van der Waals surface area contributed by atoms with Crippen molar-refractivity contribution in [3.8, 4) is 5.75 Å². The summed E-state index contributed by atoms with van der Waals surface area (Å²) in [7, 11) is -3.55. The van der Waals surface area contributed by atoms with Gasteiger partial charge in [-0.3, -0.25) is 0 Å². The Bertz CT molecular complexity index is 603. The molecule has 124 valence electrons. The zero-order chi connectivity index (χ0) is 16.2. The number of hydrogen-bond acceptors (Lipinski definition) is 3. The summed E-state index contributed by atoms with van der Waals surface area (Å²) in [6.45, 7) is 4.60. The Morgan fingerprint density at radius 1 is 1.32 bits per heavy atom. The van der Waals surface area contributed by atoms with Gasteiger partial charge in [-0.1, -0.05) is 38.3 Å². The topological polar surface area (TPSA) is 55.4 Å². The number of benzene rings is 1. The summed E-state index contributed by atoms with van der Waals surface area (Å²) in [6.07, 6.45) is 5.05. The van der Waals surface area contributed by atoms with Crippen molar-refractivity contribution in [2.24, 2.45) is 5.92 Å². The van der Waals surface area contributed by atoms with Crippen molar-refractivity contribution < 1.29 is 13.2 Å². The molecule has 2 atom stereocenters. The quantitative estimate of drug-likeness (QED) is 0.848. The molecule has 0 unspecified atom stereocenters. The number of halogens is 1. The zero-order valence-electron chi connectivity index (χ0n) is 13.1. The highest BCUT2D eigenvalue weighted by Crippen LogP contribution is 2.29. The van der Waals surface area contributed by atoms with Gasteiger partial charge < -0.3 is 4.74 Å². The van der Waals surface area contributed by atoms with E-state index in [2.05, 4.69) is 11.6 Å². The number of rotatable bonds is 6. The van der Waals surface area contributed by atoms with E-state index in [1.165, 1.54) is 18.6 Å². The summed E-state index contributed by atoms with van der Waals surface area (Å²) < 4.78 is 33.5. The van der Waals surface area contributed by atoms with Crippen LogP contribution in [0.25, 0.3) is 0 Å². The van der Waals surface area contributed by atoms with Crippen molar-refractivity contribution in [2.75, 3.05) is 6.61 Å². The van der Waals surface area contributed by atoms with E-state index in [-0.39, 0.29) is 10.9 Å². The summed E-state index contributed by atoms with van der Waals surface area (Å²) in [5.41, 5.74) is 0. The van der Waals surface area contributed by atoms with Crippen LogP contribution in [0.2, 0.25) is 5.02 Å². The number of hydrogen-bond donors (Lipinski definition) is 1. The van der Waals surface area contributed by atoms with E-state index in [1.54, 1.807) is 6.07 Å². The molecule has 0 radical (unpaired) electrons. The average Bonchev–Trinajstić information content (AvgIpc) is 2.48. The Morgan fingerprint density at radius 3 is 2.73 bits per heavy atom. The summed E-state index contributed by atoms with van der Waals surface area (Å²) in [5, 5.41) is 0.429. The molecule has 1 aliphatic rings. The smallest absolute Gasteiger partial charge is 0.240 e. The highest BCUT2D eigenvalue weighted by atomic mass is 35.5. The van der Waals surface area contributed by atoms with Crippen molar-refractivity contribution in [1.29, 1.82) is 0 Å². The largest absolute Gasteiger partial charge is 0.492 e. The fourth-order valence-corrected chi connectivity index (χ4v) is 4.30. The van der Waals surface area contributed by atoms with E-state index in [4.69, 9.17) is 16.3 Å². The maximum atomic E-state index is 12.6. The number of nitrogens with one attached hydrogen (secondary N) is 1. The molecular formula is C16H24ClNO3S. The van der Waals surface area contributed by atoms with E-state index in [1.807, 2.05) is 6.92 Å². The summed E-state index contributed by atoms with van der Waals surface area (Å²) >= 11 is 6.06. The van der Waals surface area contributed by atoms with Gasteiger partial charge in [0, 0.05) is 12.1 Å². The summed E-state index contributed by atoms with van der Waals surface area (Å²) in [5.74, 6) is 0.787. The van der Waals surface area contributed by atoms with Crippen LogP contribution in [0.4, 0.5) is 0 Å². The minimum atomic E-state index is -3.55. The first-order valence-electron chi connectivity index (χ1n) is 7.88. The van der Waals surface area contributed by atoms with Crippen LogP contribution < -0.4 is 9.46 Å². The van der Waals surface area contributed by atoms with Gasteiger partial charge in [0.05, 0.1) is 16.5 Å². The van der Waals surface area contributed by atoms with Crippen LogP contribution in [0.5, 0.6) is 5.75 Å². The van der Waals surface area contributed by atoms with Crippen molar-refractivity contribution >= 4 is 21.6 Å². The van der Waals surface area contributed by atoms with Crippen LogP contribution in [0, 0.1) is 5.92 Å². The zero-order valence-corrected chi connectivity index (χ0v) is 14.7. The van der Waals surface area contributed by atoms with Gasteiger partial charge in [-0.2, -0.15) is 0 Å². The first-order chi connectivity index (χ1) is 10.4. The molecule has 0 saturated heterocycles. The van der Waals surface area contributed by atoms with Crippen LogP contribution in [0.1, 0.15) is 46.0 Å². The van der Waals surface area contributed by atoms with Gasteiger partial charge in [0.15, 0.2) is 0 Å². The molecule has 2 rings (SSSR count). The highest BCUT2D eigenvalue weighted by molar-refractivity contribution is 7.89. The highest BCUT2D eigenvalue weighted by Gasteiger charge is 2.27. The molecule has 0 aromatic heterocycles. The molecule has 1 fully saturated rings. The van der Waals surface area contributed by atoms with Crippen molar-refractivity contribution in [3.05, 3.63) is 23.2 Å². The molecule has 0 spiro atoms. The molecule has 22 heavy (non-hydrogen) atoms. The molecule has 6 heteroatoms. The van der Waals surface area contributed by atoms with E-state index in [9.17, 15) is 8.42 Å². The molecule has 1 N–H and O–H groups in total. The monoisotopic (exact) mass is 345 g/mol. The van der Waals surface area contributed by atoms with Crippen LogP contribution >= 0.6 is 11.6 Å². The van der Waals surface area contributed by atoms with Gasteiger partial charge in [-0.15, -0.1) is 0 Å². The molecular weight excluding hydrogens is 322 g/mol. The molecule has 0 aliphatic heterocycles. The number of ether oxygens (including phenoxy) is 1. The predicted octanol–water partition coefficient (Wildman–Crippen LogP) is 3.99. The molecule has 0 heterocycles. The summed E-state index contributed by atoms with van der Waals surface area (Å²) in [4.78, 5) is 0.209. The first-order valence-corrected chi connectivity index (χ1v) is 9.75. The predicted molar refractivity (Wildman–Crippen MR) is 89.0 cm³/mol. The second-order valence-corrected chi connectivity index (χ2v) is 8.05. The Hall–Kier alpha value is -0.780. The second kappa shape index (κ2) is 7.66. The Labute approximate surface area is 138 Å². The van der Waals surface area contributed by atoms with Gasteiger partial charge in [0.2, 0.25) is 10.0 Å². The third-order valence-electron chi connectivity index (χ3n) is 4.09. The Balaban J connectivity index is 2.17. The number of sulfonamides is 1. The minimum absolute atomic E-state index is 0.00874. The average molecular weight is 346 g/mol. The lowest BCUT2D eigenvalue weighted by molar-refractivity contribution is 0.310. The maximum Gasteiger partial charge on any atom is 0.240 e. The summed E-state index contributed by atoms with van der Waals surface area (Å²) in [6, 6.07) is 4.62. The third-order valence-corrected chi connectivity index (χ3v) is 5.89. The lowest BCUT2D eigenvalue weighted by Gasteiger charge is -2.29. The van der Waals surface area contributed by atoms with Gasteiger partial charge in [-0.05, 0) is 37.3 Å². The van der Waals surface area contributed by atoms with Crippen LogP contribution in [-0.2, 0) is 10.0 Å². The van der Waals surface area contributed by atoms with Crippen LogP contribution in [-0.4, -0.2) is 21.1 Å². The van der Waals surface area contributed by atoms with E-state index < -0.39 is 10.0 Å². The van der Waals surface area contributed by atoms with Crippen molar-refractivity contribution in [3.63, 3.8) is 0 Å². The molecule has 4 nitrogen and oxygen atoms in total. The standard InChI is InChI=1S/C16H24ClNO3S/c1-3-10-21-16-11-13(8-9-14(16)17)22(19,20)18-15-7-5-4-6-12(15)2/h8-9,11-12,15,18H,3-7,10H2,1-2H3/t12-,15+/m0/s1. The molecule has 1 aliphatic carbocycles. The lowest BCUT2D eigenvalue weighted by Crippen LogP contribution is -2.40. The molecule has 1 saturated carbocycles. The van der Waals surface area contributed by atoms with Crippen LogP contribution in [0.15, 0.2) is 23.1 Å². The Kier molecular flexibility index (Phi) is 6.12. The minimum Gasteiger partial charge on any atom is -0.492 e. The first kappa shape index (κ1) is 17.6. The van der Waals surface area contributed by atoms with Gasteiger partial charge >= 0.3 is 0 Å². The fraction of sp³-hybridized carbons (Fsp3) is 0.625. The van der Waals surface area contributed by atoms with Crippen LogP contribution in [0.3, 0.4) is 0 Å². The van der Waals surface area contributed by atoms with Crippen molar-refractivity contribution in [1.82, 2.24) is 4.72 Å². The SMILES string of the molecule is CCCOc1cc(S(=O)(=O)N[C@@H]2CCCC[C@@H]2C)ccc1Cl. The fourth-order valence-electron chi connectivity index (χ4n) is 2.73. The van der Waals surface area contributed by atoms with E-state index in [0.29, 0.717) is 23.3 Å². The molecule has 0 bridgehead atoms. The maximum absolute atomic E-state index is 12.6. The lowest BCUT2D eigenvalue weighted by atomic mass is 9.87. The molecule has 0 amide bonds. The third kappa shape index (κ3) is 4.37. The molecule has 1 aromatic carbocycles. The molecule has 1 aromatic rings. The van der Waals surface area contributed by atoms with Crippen molar-refractivity contribution in [2.45, 2.75) is 56.9 Å². The van der Waals surface area contributed by atoms with Gasteiger partial charge in [0.1, 0.15) is 5.75 Å². The van der Waals surface area contributed by atoms with Gasteiger partial charge in [0.25, 0.3) is 0 Å². The Morgan fingerprint density at radius 2 is 2.05 bits per heavy atom. The second-order valence-electron chi connectivity index (χ2n) is 5.93.